The Morgan fingerprint density at radius 3 is 2.41 bits per heavy atom. The van der Waals surface area contributed by atoms with Gasteiger partial charge in [-0.15, -0.1) is 5.10 Å². The highest BCUT2D eigenvalue weighted by atomic mass is 32.2. The molecule has 1 amide bonds. The molecule has 3 aromatic rings. The molecular formula is C19H21F3N6O3S. The molecule has 0 bridgehead atoms. The molecule has 2 aromatic heterocycles. The van der Waals surface area contributed by atoms with Gasteiger partial charge in [-0.1, -0.05) is 24.3 Å². The molecule has 0 atom stereocenters. The molecule has 0 fully saturated rings. The number of alkyl halides is 3. The zero-order chi connectivity index (χ0) is 23.7. The minimum atomic E-state index is -4.71. The molecule has 0 unspecified atom stereocenters. The molecular weight excluding hydrogens is 449 g/mol. The second-order valence-electron chi connectivity index (χ2n) is 7.09. The standard InChI is InChI=1S/C19H21F3N6O3S/c1-11-15(12(2)28-18(25-11)26-17(27-28)19(20,21)22)8-16(29)24-9-13-6-4-5-7-14(13)10-32(30,31)23-3/h4-7,23H,8-10H2,1-3H3,(H,24,29). The summed E-state index contributed by atoms with van der Waals surface area (Å²) in [6, 6.07) is 6.79. The number of fused-ring (bicyclic) bond motifs is 1. The van der Waals surface area contributed by atoms with Crippen LogP contribution in [-0.4, -0.2) is 41.0 Å². The molecule has 0 aliphatic heterocycles. The normalized spacial score (nSPS) is 12.3. The molecule has 32 heavy (non-hydrogen) atoms. The van der Waals surface area contributed by atoms with Crippen molar-refractivity contribution in [2.75, 3.05) is 7.05 Å². The van der Waals surface area contributed by atoms with Gasteiger partial charge in [-0.2, -0.15) is 18.2 Å². The fraction of sp³-hybridized carbons (Fsp3) is 0.368. The van der Waals surface area contributed by atoms with Gasteiger partial charge in [0.25, 0.3) is 11.6 Å². The van der Waals surface area contributed by atoms with Crippen LogP contribution in [0, 0.1) is 13.8 Å². The summed E-state index contributed by atoms with van der Waals surface area (Å²) in [5.41, 5.74) is 2.30. The number of sulfonamides is 1. The predicted octanol–water partition coefficient (Wildman–Crippen LogP) is 1.67. The maximum Gasteiger partial charge on any atom is 0.453 e. The largest absolute Gasteiger partial charge is 0.453 e. The lowest BCUT2D eigenvalue weighted by atomic mass is 10.1. The number of amides is 1. The maximum absolute atomic E-state index is 12.9. The zero-order valence-electron chi connectivity index (χ0n) is 17.5. The molecule has 2 heterocycles. The Bertz CT molecular complexity index is 1270. The van der Waals surface area contributed by atoms with Gasteiger partial charge in [0.15, 0.2) is 0 Å². The summed E-state index contributed by atoms with van der Waals surface area (Å²) >= 11 is 0. The van der Waals surface area contributed by atoms with Crippen LogP contribution in [0.4, 0.5) is 13.2 Å². The van der Waals surface area contributed by atoms with E-state index >= 15 is 0 Å². The highest BCUT2D eigenvalue weighted by Crippen LogP contribution is 2.27. The number of rotatable bonds is 7. The molecule has 1 aromatic carbocycles. The average Bonchev–Trinajstić information content (AvgIpc) is 3.15. The molecule has 0 spiro atoms. The van der Waals surface area contributed by atoms with E-state index in [2.05, 4.69) is 25.1 Å². The van der Waals surface area contributed by atoms with Crippen LogP contribution >= 0.6 is 0 Å². The van der Waals surface area contributed by atoms with E-state index in [1.54, 1.807) is 31.2 Å². The number of nitrogens with one attached hydrogen (secondary N) is 2. The molecule has 2 N–H and O–H groups in total. The van der Waals surface area contributed by atoms with E-state index in [9.17, 15) is 26.4 Å². The Kier molecular flexibility index (Phi) is 6.51. The Morgan fingerprint density at radius 1 is 1.12 bits per heavy atom. The molecule has 9 nitrogen and oxygen atoms in total. The van der Waals surface area contributed by atoms with Gasteiger partial charge in [0.2, 0.25) is 15.9 Å². The lowest BCUT2D eigenvalue weighted by molar-refractivity contribution is -0.144. The lowest BCUT2D eigenvalue weighted by Gasteiger charge is -2.13. The highest BCUT2D eigenvalue weighted by molar-refractivity contribution is 7.88. The van der Waals surface area contributed by atoms with Gasteiger partial charge in [-0.25, -0.2) is 22.6 Å². The van der Waals surface area contributed by atoms with Gasteiger partial charge in [-0.05, 0) is 32.0 Å². The van der Waals surface area contributed by atoms with Crippen molar-refractivity contribution in [2.24, 2.45) is 0 Å². The Hall–Kier alpha value is -3.06. The van der Waals surface area contributed by atoms with Crippen LogP contribution in [0.5, 0.6) is 0 Å². The molecule has 0 saturated heterocycles. The van der Waals surface area contributed by atoms with Crippen LogP contribution in [0.25, 0.3) is 5.78 Å². The van der Waals surface area contributed by atoms with Crippen molar-refractivity contribution in [3.63, 3.8) is 0 Å². The van der Waals surface area contributed by atoms with Crippen LogP contribution in [-0.2, 0) is 39.7 Å². The van der Waals surface area contributed by atoms with Crippen molar-refractivity contribution >= 4 is 21.7 Å². The fourth-order valence-electron chi connectivity index (χ4n) is 3.15. The SMILES string of the molecule is CNS(=O)(=O)Cc1ccccc1CNC(=O)Cc1c(C)nc2nc(C(F)(F)F)nn2c1C. The minimum absolute atomic E-state index is 0.0869. The van der Waals surface area contributed by atoms with Gasteiger partial charge in [-0.3, -0.25) is 4.79 Å². The van der Waals surface area contributed by atoms with E-state index in [4.69, 9.17) is 0 Å². The smallest absolute Gasteiger partial charge is 0.352 e. The topological polar surface area (TPSA) is 118 Å². The van der Waals surface area contributed by atoms with E-state index in [0.29, 0.717) is 28.1 Å². The predicted molar refractivity (Wildman–Crippen MR) is 109 cm³/mol. The quantitative estimate of drug-likeness (QED) is 0.542. The van der Waals surface area contributed by atoms with Crippen LogP contribution in [0.1, 0.15) is 33.9 Å². The van der Waals surface area contributed by atoms with E-state index < -0.39 is 27.9 Å². The van der Waals surface area contributed by atoms with Crippen molar-refractivity contribution < 1.29 is 26.4 Å². The number of carbonyl (C=O) groups excluding carboxylic acids is 1. The van der Waals surface area contributed by atoms with Crippen molar-refractivity contribution in [2.45, 2.75) is 38.7 Å². The van der Waals surface area contributed by atoms with Crippen molar-refractivity contribution in [3.05, 3.63) is 58.2 Å². The van der Waals surface area contributed by atoms with Crippen molar-refractivity contribution in [1.29, 1.82) is 0 Å². The molecule has 0 aliphatic carbocycles. The lowest BCUT2D eigenvalue weighted by Crippen LogP contribution is -2.27. The van der Waals surface area contributed by atoms with Crippen LogP contribution in [0.15, 0.2) is 24.3 Å². The minimum Gasteiger partial charge on any atom is -0.352 e. The van der Waals surface area contributed by atoms with Crippen LogP contribution in [0.3, 0.4) is 0 Å². The van der Waals surface area contributed by atoms with Gasteiger partial charge in [0.1, 0.15) is 0 Å². The molecule has 3 rings (SSSR count). The third-order valence-electron chi connectivity index (χ3n) is 4.89. The zero-order valence-corrected chi connectivity index (χ0v) is 18.3. The Labute approximate surface area is 182 Å². The molecule has 0 radical (unpaired) electrons. The summed E-state index contributed by atoms with van der Waals surface area (Å²) in [5.74, 6) is -2.14. The first-order valence-corrected chi connectivity index (χ1v) is 11.1. The number of benzene rings is 1. The second-order valence-corrected chi connectivity index (χ2v) is 9.02. The first-order chi connectivity index (χ1) is 14.9. The van der Waals surface area contributed by atoms with Crippen molar-refractivity contribution in [1.82, 2.24) is 29.6 Å². The first kappa shape index (κ1) is 23.6. The van der Waals surface area contributed by atoms with E-state index in [1.807, 2.05) is 0 Å². The Balaban J connectivity index is 1.78. The number of hydrogen-bond acceptors (Lipinski definition) is 6. The van der Waals surface area contributed by atoms with E-state index in [1.165, 1.54) is 14.0 Å². The van der Waals surface area contributed by atoms with Gasteiger partial charge in [0.05, 0.1) is 12.2 Å². The van der Waals surface area contributed by atoms with Crippen LogP contribution < -0.4 is 10.0 Å². The van der Waals surface area contributed by atoms with Gasteiger partial charge in [0, 0.05) is 23.5 Å². The number of hydrogen-bond donors (Lipinski definition) is 2. The summed E-state index contributed by atoms with van der Waals surface area (Å²) in [4.78, 5) is 20.0. The summed E-state index contributed by atoms with van der Waals surface area (Å²) in [7, 11) is -2.17. The molecule has 0 saturated carbocycles. The Morgan fingerprint density at radius 2 is 1.78 bits per heavy atom. The molecule has 172 valence electrons. The van der Waals surface area contributed by atoms with Crippen molar-refractivity contribution in [3.8, 4) is 0 Å². The maximum atomic E-state index is 12.9. The fourth-order valence-corrected chi connectivity index (χ4v) is 3.98. The second kappa shape index (κ2) is 8.82. The number of carbonyl (C=O) groups is 1. The summed E-state index contributed by atoms with van der Waals surface area (Å²) in [5, 5.41) is 6.18. The van der Waals surface area contributed by atoms with Crippen LogP contribution in [0.2, 0.25) is 0 Å². The third kappa shape index (κ3) is 5.22. The molecule has 13 heteroatoms. The number of aryl methyl sites for hydroxylation is 2. The summed E-state index contributed by atoms with van der Waals surface area (Å²) in [6.45, 7) is 3.20. The van der Waals surface area contributed by atoms with Gasteiger partial charge >= 0.3 is 6.18 Å². The molecule has 0 aliphatic rings. The number of nitrogens with zero attached hydrogens (tertiary/aromatic N) is 4. The van der Waals surface area contributed by atoms with E-state index in [-0.39, 0.29) is 24.5 Å². The first-order valence-electron chi connectivity index (χ1n) is 9.46. The van der Waals surface area contributed by atoms with Gasteiger partial charge < -0.3 is 5.32 Å². The number of aromatic nitrogens is 4. The monoisotopic (exact) mass is 470 g/mol. The number of halogens is 3. The summed E-state index contributed by atoms with van der Waals surface area (Å²) in [6.07, 6.45) is -4.85. The third-order valence-corrected chi connectivity index (χ3v) is 6.20. The van der Waals surface area contributed by atoms with E-state index in [0.717, 1.165) is 4.52 Å². The average molecular weight is 470 g/mol. The highest BCUT2D eigenvalue weighted by Gasteiger charge is 2.37. The summed E-state index contributed by atoms with van der Waals surface area (Å²) < 4.78 is 65.7.